The Balaban J connectivity index is 1.29. The quantitative estimate of drug-likeness (QED) is 0.0512. The second-order valence-corrected chi connectivity index (χ2v) is 14.3. The molecular formula is C28H38N8O9S2. The Morgan fingerprint density at radius 2 is 2.04 bits per heavy atom. The van der Waals surface area contributed by atoms with Gasteiger partial charge in [0.05, 0.1) is 12.1 Å². The molecule has 1 aromatic carbocycles. The zero-order valence-electron chi connectivity index (χ0n) is 26.1. The SMILES string of the molecule is CN[C@H]1C[C@H](NC(=N)c2ccc3c(c2)CC[C@H]([C@@](C)(CO)O/N=C(\C(=O)N[C@@H]2C(=O)N(OS(=O)(=O)O)C2(C)C)c2csc(N)n2)O3)C1. The molecule has 1 aliphatic carbocycles. The Labute approximate surface area is 275 Å². The number of carbonyl (C=O) groups is 2. The fourth-order valence-corrected chi connectivity index (χ4v) is 6.59. The predicted octanol–water partition coefficient (Wildman–Crippen LogP) is 0.0962. The minimum Gasteiger partial charge on any atom is -0.486 e. The number of anilines is 1. The van der Waals surface area contributed by atoms with Crippen molar-refractivity contribution in [2.45, 2.75) is 81.8 Å². The second-order valence-electron chi connectivity index (χ2n) is 12.4. The van der Waals surface area contributed by atoms with Crippen LogP contribution in [0.5, 0.6) is 5.75 Å². The van der Waals surface area contributed by atoms with Crippen molar-refractivity contribution in [1.29, 1.82) is 5.41 Å². The van der Waals surface area contributed by atoms with Gasteiger partial charge in [-0.15, -0.1) is 15.6 Å². The number of thiazole rings is 1. The highest BCUT2D eigenvalue weighted by atomic mass is 32.3. The lowest BCUT2D eigenvalue weighted by Crippen LogP contribution is -2.76. The van der Waals surface area contributed by atoms with Crippen LogP contribution in [-0.2, 0) is 35.5 Å². The highest BCUT2D eigenvalue weighted by molar-refractivity contribution is 7.80. The van der Waals surface area contributed by atoms with Crippen LogP contribution >= 0.6 is 11.3 Å². The third kappa shape index (κ3) is 7.19. The summed E-state index contributed by atoms with van der Waals surface area (Å²) in [5.74, 6) is -0.938. The molecule has 3 heterocycles. The van der Waals surface area contributed by atoms with Gasteiger partial charge >= 0.3 is 10.4 Å². The molecule has 2 fully saturated rings. The molecule has 0 radical (unpaired) electrons. The van der Waals surface area contributed by atoms with Crippen LogP contribution in [0, 0.1) is 5.41 Å². The number of β-lactam (4-membered cyclic amide) rings is 1. The first-order chi connectivity index (χ1) is 22.0. The number of aliphatic hydroxyl groups is 1. The Morgan fingerprint density at radius 3 is 2.64 bits per heavy atom. The van der Waals surface area contributed by atoms with Gasteiger partial charge in [-0.05, 0) is 77.3 Å². The molecule has 1 saturated heterocycles. The van der Waals surface area contributed by atoms with Gasteiger partial charge in [-0.1, -0.05) is 5.16 Å². The first-order valence-corrected chi connectivity index (χ1v) is 17.0. The normalized spacial score (nSPS) is 24.9. The number of aromatic nitrogens is 1. The topological polar surface area (TPSA) is 251 Å². The number of nitrogens with one attached hydrogen (secondary N) is 4. The molecule has 1 saturated carbocycles. The van der Waals surface area contributed by atoms with Crippen molar-refractivity contribution in [3.8, 4) is 5.75 Å². The number of fused-ring (bicyclic) bond motifs is 1. The van der Waals surface area contributed by atoms with E-state index in [0.29, 0.717) is 35.5 Å². The molecule has 2 aromatic rings. The molecule has 3 atom stereocenters. The number of oxime groups is 1. The van der Waals surface area contributed by atoms with Crippen LogP contribution in [0.3, 0.4) is 0 Å². The summed E-state index contributed by atoms with van der Waals surface area (Å²) in [5.41, 5.74) is 4.28. The molecule has 0 spiro atoms. The average Bonchev–Trinajstić information content (AvgIpc) is 3.44. The van der Waals surface area contributed by atoms with Crippen LogP contribution in [-0.4, -0.2) is 101 Å². The van der Waals surface area contributed by atoms with E-state index in [0.717, 1.165) is 35.3 Å². The van der Waals surface area contributed by atoms with E-state index in [4.69, 9.17) is 25.3 Å². The average molecular weight is 695 g/mol. The van der Waals surface area contributed by atoms with E-state index >= 15 is 0 Å². The molecule has 0 unspecified atom stereocenters. The fraction of sp³-hybridized carbons (Fsp3) is 0.536. The number of carbonyl (C=O) groups excluding carboxylic acids is 2. The van der Waals surface area contributed by atoms with E-state index in [1.165, 1.54) is 19.2 Å². The number of aliphatic hydroxyl groups excluding tert-OH is 1. The number of nitrogens with two attached hydrogens (primary N) is 1. The molecule has 0 bridgehead atoms. The lowest BCUT2D eigenvalue weighted by Gasteiger charge is -2.50. The van der Waals surface area contributed by atoms with Crippen LogP contribution in [0.1, 0.15) is 56.9 Å². The number of amidine groups is 1. The minimum absolute atomic E-state index is 0.0304. The third-order valence-electron chi connectivity index (χ3n) is 8.63. The van der Waals surface area contributed by atoms with E-state index in [-0.39, 0.29) is 22.6 Å². The van der Waals surface area contributed by atoms with Crippen LogP contribution < -0.4 is 26.4 Å². The van der Waals surface area contributed by atoms with Gasteiger partial charge in [0.15, 0.2) is 16.4 Å². The Bertz CT molecular complexity index is 1690. The van der Waals surface area contributed by atoms with E-state index in [2.05, 4.69) is 30.4 Å². The second kappa shape index (κ2) is 13.0. The van der Waals surface area contributed by atoms with Crippen LogP contribution in [0.25, 0.3) is 0 Å². The smallest absolute Gasteiger partial charge is 0.418 e. The van der Waals surface area contributed by atoms with Gasteiger partial charge in [0.2, 0.25) is 0 Å². The number of hydrogen-bond donors (Lipinski definition) is 7. The Kier molecular flexibility index (Phi) is 9.50. The summed E-state index contributed by atoms with van der Waals surface area (Å²) in [5, 5.41) is 33.9. The molecule has 2 aliphatic heterocycles. The van der Waals surface area contributed by atoms with E-state index in [1.807, 2.05) is 13.1 Å². The summed E-state index contributed by atoms with van der Waals surface area (Å²) in [7, 11) is -3.06. The fourth-order valence-electron chi connectivity index (χ4n) is 5.59. The van der Waals surface area contributed by atoms with Gasteiger partial charge in [-0.3, -0.25) is 19.6 Å². The lowest BCUT2D eigenvalue weighted by atomic mass is 9.84. The van der Waals surface area contributed by atoms with Crippen LogP contribution in [0.15, 0.2) is 28.7 Å². The summed E-state index contributed by atoms with van der Waals surface area (Å²) >= 11 is 1.03. The Morgan fingerprint density at radius 1 is 1.32 bits per heavy atom. The number of rotatable bonds is 12. The van der Waals surface area contributed by atoms with Gasteiger partial charge in [-0.2, -0.15) is 13.5 Å². The van der Waals surface area contributed by atoms with Crippen molar-refractivity contribution in [2.24, 2.45) is 5.16 Å². The molecule has 256 valence electrons. The van der Waals surface area contributed by atoms with Gasteiger partial charge in [0.25, 0.3) is 11.8 Å². The predicted molar refractivity (Wildman–Crippen MR) is 170 cm³/mol. The van der Waals surface area contributed by atoms with E-state index in [9.17, 15) is 23.1 Å². The standard InChI is InChI=1S/C28H38N8O9S2/c1-27(2)22(25(39)36(27)45-47(40,41)42)34-24(38)21(18-12-46-26(30)33-18)35-44-28(3,13-37)20-8-6-14-9-15(5-7-19(14)43-20)23(29)32-17-10-16(11-17)31-4/h5,7,9,12,16-17,20,22,31,37H,6,8,10-11,13H2,1-4H3,(H2,29,32)(H2,30,33)(H,34,38)(H,40,41,42)/b35-21-/t16-,17-,20-,22-,28-/m1/s1. The number of hydroxylamine groups is 2. The van der Waals surface area contributed by atoms with Crippen LogP contribution in [0.4, 0.5) is 5.13 Å². The number of benzene rings is 1. The summed E-state index contributed by atoms with van der Waals surface area (Å²) < 4.78 is 41.9. The minimum atomic E-state index is -4.99. The number of ether oxygens (including phenoxy) is 1. The molecule has 3 aliphatic rings. The summed E-state index contributed by atoms with van der Waals surface area (Å²) in [6.07, 6.45) is 2.21. The maximum absolute atomic E-state index is 13.4. The van der Waals surface area contributed by atoms with Crippen molar-refractivity contribution < 1.29 is 41.5 Å². The number of aryl methyl sites for hydroxylation is 1. The zero-order valence-corrected chi connectivity index (χ0v) is 27.8. The maximum Gasteiger partial charge on any atom is 0.418 e. The van der Waals surface area contributed by atoms with Gasteiger partial charge < -0.3 is 36.4 Å². The maximum atomic E-state index is 13.4. The molecule has 1 aromatic heterocycles. The van der Waals surface area contributed by atoms with E-state index < -0.39 is 52.1 Å². The van der Waals surface area contributed by atoms with Crippen molar-refractivity contribution in [1.82, 2.24) is 26.0 Å². The molecule has 47 heavy (non-hydrogen) atoms. The highest BCUT2D eigenvalue weighted by Crippen LogP contribution is 2.35. The van der Waals surface area contributed by atoms with Crippen LogP contribution in [0.2, 0.25) is 0 Å². The molecule has 2 amide bonds. The number of amides is 2. The third-order valence-corrected chi connectivity index (χ3v) is 9.64. The largest absolute Gasteiger partial charge is 0.486 e. The van der Waals surface area contributed by atoms with Crippen molar-refractivity contribution in [3.63, 3.8) is 0 Å². The molecule has 19 heteroatoms. The number of hydrogen-bond acceptors (Lipinski definition) is 14. The van der Waals surface area contributed by atoms with Crippen molar-refractivity contribution >= 4 is 50.2 Å². The summed E-state index contributed by atoms with van der Waals surface area (Å²) in [4.78, 5) is 36.0. The van der Waals surface area contributed by atoms with Gasteiger partial charge in [-0.25, -0.2) is 4.98 Å². The first kappa shape index (κ1) is 34.5. The molecule has 5 rings (SSSR count). The zero-order chi connectivity index (χ0) is 34.3. The summed E-state index contributed by atoms with van der Waals surface area (Å²) in [6, 6.07) is 4.93. The van der Waals surface area contributed by atoms with E-state index in [1.54, 1.807) is 19.1 Å². The Hall–Kier alpha value is -3.88. The van der Waals surface area contributed by atoms with Gasteiger partial charge in [0.1, 0.15) is 29.4 Å². The molecule has 17 nitrogen and oxygen atoms in total. The van der Waals surface area contributed by atoms with Gasteiger partial charge in [0, 0.05) is 23.0 Å². The first-order valence-electron chi connectivity index (χ1n) is 14.8. The molecular weight excluding hydrogens is 656 g/mol. The lowest BCUT2D eigenvalue weighted by molar-refractivity contribution is -0.218. The molecule has 8 N–H and O–H groups in total. The highest BCUT2D eigenvalue weighted by Gasteiger charge is 2.58. The monoisotopic (exact) mass is 694 g/mol. The van der Waals surface area contributed by atoms with Crippen molar-refractivity contribution in [3.05, 3.63) is 40.4 Å². The number of nitrogen functional groups attached to an aromatic ring is 1. The summed E-state index contributed by atoms with van der Waals surface area (Å²) in [6.45, 7) is 3.86. The van der Waals surface area contributed by atoms with Crippen molar-refractivity contribution in [2.75, 3.05) is 19.4 Å². The number of nitrogens with zero attached hydrogens (tertiary/aromatic N) is 3.